The lowest BCUT2D eigenvalue weighted by molar-refractivity contribution is 0.428. The van der Waals surface area contributed by atoms with Crippen molar-refractivity contribution in [3.05, 3.63) is 41.4 Å². The van der Waals surface area contributed by atoms with Crippen molar-refractivity contribution in [2.24, 2.45) is 0 Å². The fourth-order valence-electron chi connectivity index (χ4n) is 1.08. The van der Waals surface area contributed by atoms with E-state index in [1.807, 2.05) is 0 Å². The molecule has 0 spiro atoms. The summed E-state index contributed by atoms with van der Waals surface area (Å²) in [5.74, 6) is -0.527. The van der Waals surface area contributed by atoms with Crippen molar-refractivity contribution < 1.29 is 25.5 Å². The van der Waals surface area contributed by atoms with Gasteiger partial charge >= 0.3 is 0 Å². The van der Waals surface area contributed by atoms with Gasteiger partial charge in [0, 0.05) is 24.3 Å². The van der Waals surface area contributed by atoms with E-state index >= 15 is 0 Å². The summed E-state index contributed by atoms with van der Waals surface area (Å²) in [5, 5.41) is 43.8. The molecule has 0 heterocycles. The Hall–Kier alpha value is -2.27. The van der Waals surface area contributed by atoms with Crippen molar-refractivity contribution in [1.82, 2.24) is 0 Å². The van der Waals surface area contributed by atoms with E-state index < -0.39 is 0 Å². The van der Waals surface area contributed by atoms with Crippen molar-refractivity contribution in [2.45, 2.75) is 0 Å². The molecule has 0 bridgehead atoms. The van der Waals surface area contributed by atoms with Crippen molar-refractivity contribution in [3.63, 3.8) is 0 Å². The van der Waals surface area contributed by atoms with Crippen LogP contribution in [0.3, 0.4) is 0 Å². The number of phenolic OH excluding ortho intramolecular Hbond substituents is 5. The summed E-state index contributed by atoms with van der Waals surface area (Å²) in [5.41, 5.74) is 0. The highest BCUT2D eigenvalue weighted by molar-refractivity contribution is 6.32. The van der Waals surface area contributed by atoms with E-state index in [1.54, 1.807) is 0 Å². The van der Waals surface area contributed by atoms with Gasteiger partial charge in [-0.3, -0.25) is 0 Å². The van der Waals surface area contributed by atoms with Gasteiger partial charge in [0.25, 0.3) is 0 Å². The van der Waals surface area contributed by atoms with E-state index in [0.717, 1.165) is 18.2 Å². The van der Waals surface area contributed by atoms with Crippen molar-refractivity contribution >= 4 is 11.6 Å². The van der Waals surface area contributed by atoms with E-state index in [9.17, 15) is 0 Å². The molecule has 0 aliphatic rings. The summed E-state index contributed by atoms with van der Waals surface area (Å²) in [6.45, 7) is 0. The van der Waals surface area contributed by atoms with Gasteiger partial charge in [0.1, 0.15) is 28.7 Å². The van der Waals surface area contributed by atoms with Gasteiger partial charge in [-0.2, -0.15) is 0 Å². The molecule has 2 rings (SSSR count). The summed E-state index contributed by atoms with van der Waals surface area (Å²) in [4.78, 5) is 0. The van der Waals surface area contributed by atoms with Crippen LogP contribution in [0.5, 0.6) is 28.7 Å². The third-order valence-electron chi connectivity index (χ3n) is 1.82. The molecule has 0 aromatic heterocycles. The Kier molecular flexibility index (Phi) is 4.51. The van der Waals surface area contributed by atoms with Crippen molar-refractivity contribution in [3.8, 4) is 28.7 Å². The first-order valence-electron chi connectivity index (χ1n) is 4.78. The second-order valence-corrected chi connectivity index (χ2v) is 3.75. The third-order valence-corrected chi connectivity index (χ3v) is 2.14. The molecule has 0 atom stereocenters. The minimum atomic E-state index is -0.146. The molecule has 0 saturated heterocycles. The molecule has 0 fully saturated rings. The number of phenols is 5. The number of benzene rings is 2. The smallest absolute Gasteiger partial charge is 0.137 e. The number of hydrogen-bond donors (Lipinski definition) is 5. The maximum Gasteiger partial charge on any atom is 0.137 e. The molecule has 2 aromatic rings. The predicted octanol–water partition coefficient (Wildman–Crippen LogP) is 2.55. The summed E-state index contributed by atoms with van der Waals surface area (Å²) < 4.78 is 0. The van der Waals surface area contributed by atoms with E-state index in [2.05, 4.69) is 0 Å². The van der Waals surface area contributed by atoms with Crippen LogP contribution in [0.2, 0.25) is 5.02 Å². The molecule has 18 heavy (non-hydrogen) atoms. The molecule has 5 N–H and O–H groups in total. The Morgan fingerprint density at radius 3 is 1.39 bits per heavy atom. The fourth-order valence-corrected chi connectivity index (χ4v) is 1.20. The lowest BCUT2D eigenvalue weighted by Crippen LogP contribution is -1.66. The molecule has 0 amide bonds. The van der Waals surface area contributed by atoms with Gasteiger partial charge in [-0.1, -0.05) is 11.6 Å². The van der Waals surface area contributed by atoms with E-state index in [4.69, 9.17) is 37.1 Å². The number of halogens is 1. The fraction of sp³-hybridized carbons (Fsp3) is 0. The van der Waals surface area contributed by atoms with Crippen molar-refractivity contribution in [1.29, 1.82) is 0 Å². The molecule has 0 aliphatic heterocycles. The van der Waals surface area contributed by atoms with Crippen LogP contribution < -0.4 is 0 Å². The molecule has 96 valence electrons. The molecule has 0 unspecified atom stereocenters. The monoisotopic (exact) mass is 270 g/mol. The standard InChI is InChI=1S/C6H5ClO2.C6H6O3/c7-5-2-1-4(8)3-6(5)9;7-4-1-5(8)3-6(9)2-4/h1-3,8-9H;1-3,7-9H. The van der Waals surface area contributed by atoms with Gasteiger partial charge in [-0.05, 0) is 12.1 Å². The third kappa shape index (κ3) is 4.31. The first kappa shape index (κ1) is 13.8. The number of aromatic hydroxyl groups is 5. The molecule has 5 nitrogen and oxygen atoms in total. The Balaban J connectivity index is 0.000000180. The minimum Gasteiger partial charge on any atom is -0.508 e. The zero-order chi connectivity index (χ0) is 13.7. The molecule has 0 aliphatic carbocycles. The van der Waals surface area contributed by atoms with Crippen LogP contribution in [-0.2, 0) is 0 Å². The number of rotatable bonds is 0. The average molecular weight is 271 g/mol. The Labute approximate surface area is 108 Å². The number of hydrogen-bond acceptors (Lipinski definition) is 5. The van der Waals surface area contributed by atoms with Crippen LogP contribution in [0.15, 0.2) is 36.4 Å². The van der Waals surface area contributed by atoms with Gasteiger partial charge < -0.3 is 25.5 Å². The van der Waals surface area contributed by atoms with Gasteiger partial charge in [0.15, 0.2) is 0 Å². The summed E-state index contributed by atoms with van der Waals surface area (Å²) >= 11 is 5.42. The largest absolute Gasteiger partial charge is 0.508 e. The highest BCUT2D eigenvalue weighted by Gasteiger charge is 1.96. The molecular weight excluding hydrogens is 260 g/mol. The Morgan fingerprint density at radius 2 is 1.06 bits per heavy atom. The van der Waals surface area contributed by atoms with Crippen LogP contribution in [-0.4, -0.2) is 25.5 Å². The SMILES string of the molecule is Oc1cc(O)cc(O)c1.Oc1ccc(Cl)c(O)c1. The average Bonchev–Trinajstić information content (AvgIpc) is 2.23. The van der Waals surface area contributed by atoms with Gasteiger partial charge in [0.2, 0.25) is 0 Å². The first-order valence-corrected chi connectivity index (χ1v) is 5.16. The van der Waals surface area contributed by atoms with E-state index in [0.29, 0.717) is 0 Å². The van der Waals surface area contributed by atoms with E-state index in [1.165, 1.54) is 18.2 Å². The highest BCUT2D eigenvalue weighted by atomic mass is 35.5. The van der Waals surface area contributed by atoms with Gasteiger partial charge in [-0.25, -0.2) is 0 Å². The molecular formula is C12H11ClO5. The Bertz CT molecular complexity index is 492. The van der Waals surface area contributed by atoms with Gasteiger partial charge in [-0.15, -0.1) is 0 Å². The van der Waals surface area contributed by atoms with Gasteiger partial charge in [0.05, 0.1) is 5.02 Å². The second kappa shape index (κ2) is 5.88. The molecule has 0 saturated carbocycles. The second-order valence-electron chi connectivity index (χ2n) is 3.34. The maximum absolute atomic E-state index is 8.81. The summed E-state index contributed by atoms with van der Waals surface area (Å²) in [6.07, 6.45) is 0. The Morgan fingerprint density at radius 1 is 0.611 bits per heavy atom. The summed E-state index contributed by atoms with van der Waals surface area (Å²) in [6, 6.07) is 7.43. The van der Waals surface area contributed by atoms with Crippen LogP contribution in [0, 0.1) is 0 Å². The van der Waals surface area contributed by atoms with Crippen LogP contribution in [0.4, 0.5) is 0 Å². The predicted molar refractivity (Wildman–Crippen MR) is 66.2 cm³/mol. The maximum atomic E-state index is 8.81. The summed E-state index contributed by atoms with van der Waals surface area (Å²) in [7, 11) is 0. The lowest BCUT2D eigenvalue weighted by Gasteiger charge is -1.94. The topological polar surface area (TPSA) is 101 Å². The van der Waals surface area contributed by atoms with Crippen LogP contribution in [0.25, 0.3) is 0 Å². The quantitative estimate of drug-likeness (QED) is 0.506. The lowest BCUT2D eigenvalue weighted by atomic mass is 10.3. The van der Waals surface area contributed by atoms with Crippen LogP contribution in [0.1, 0.15) is 0 Å². The highest BCUT2D eigenvalue weighted by Crippen LogP contribution is 2.26. The zero-order valence-electron chi connectivity index (χ0n) is 9.08. The minimum absolute atomic E-state index is 0.0110. The molecule has 0 radical (unpaired) electrons. The molecule has 2 aromatic carbocycles. The van der Waals surface area contributed by atoms with Crippen molar-refractivity contribution in [2.75, 3.05) is 0 Å². The normalized spacial score (nSPS) is 9.39. The van der Waals surface area contributed by atoms with Crippen LogP contribution >= 0.6 is 11.6 Å². The molecule has 6 heteroatoms. The van der Waals surface area contributed by atoms with E-state index in [-0.39, 0.29) is 33.8 Å². The first-order chi connectivity index (χ1) is 8.38. The zero-order valence-corrected chi connectivity index (χ0v) is 9.83.